The van der Waals surface area contributed by atoms with E-state index in [0.717, 1.165) is 0 Å². The van der Waals surface area contributed by atoms with Gasteiger partial charge in [0.25, 0.3) is 5.91 Å². The third-order valence-electron chi connectivity index (χ3n) is 2.80. The lowest BCUT2D eigenvalue weighted by atomic mass is 10.1. The van der Waals surface area contributed by atoms with Crippen molar-refractivity contribution in [3.05, 3.63) is 33.8 Å². The number of rotatable bonds is 6. The predicted octanol–water partition coefficient (Wildman–Crippen LogP) is 3.23. The van der Waals surface area contributed by atoms with Crippen LogP contribution in [0, 0.1) is 5.92 Å². The number of nitrogens with two attached hydrogens (primary N) is 1. The van der Waals surface area contributed by atoms with Crippen LogP contribution >= 0.6 is 23.2 Å². The monoisotopic (exact) mass is 331 g/mol. The molecular weight excluding hydrogens is 313 g/mol. The fraction of sp³-hybridized carbons (Fsp3) is 0.429. The minimum absolute atomic E-state index is 0.0822. The summed E-state index contributed by atoms with van der Waals surface area (Å²) in [5.41, 5.74) is 5.85. The van der Waals surface area contributed by atoms with Crippen LogP contribution in [0.4, 0.5) is 0 Å². The number of amides is 1. The van der Waals surface area contributed by atoms with E-state index in [4.69, 9.17) is 34.1 Å². The minimum Gasteiger partial charge on any atom is -0.409 e. The summed E-state index contributed by atoms with van der Waals surface area (Å²) in [5, 5.41) is 12.3. The molecule has 0 unspecified atom stereocenters. The first-order valence-electron chi connectivity index (χ1n) is 6.55. The molecule has 0 aliphatic rings. The number of halogens is 2. The van der Waals surface area contributed by atoms with Crippen LogP contribution in [0.1, 0.15) is 30.6 Å². The number of carbonyl (C=O) groups excluding carboxylic acids is 1. The van der Waals surface area contributed by atoms with Gasteiger partial charge in [-0.3, -0.25) is 4.79 Å². The Balaban J connectivity index is 2.93. The zero-order valence-electron chi connectivity index (χ0n) is 12.0. The average molecular weight is 332 g/mol. The van der Waals surface area contributed by atoms with Crippen molar-refractivity contribution in [1.29, 1.82) is 0 Å². The number of amidine groups is 1. The Kier molecular flexibility index (Phi) is 6.78. The molecule has 0 atom stereocenters. The quantitative estimate of drug-likeness (QED) is 0.363. The maximum absolute atomic E-state index is 12.6. The van der Waals surface area contributed by atoms with Gasteiger partial charge in [0.05, 0.1) is 10.6 Å². The average Bonchev–Trinajstić information content (AvgIpc) is 2.42. The second-order valence-corrected chi connectivity index (χ2v) is 5.95. The molecule has 1 rings (SSSR count). The Morgan fingerprint density at radius 1 is 1.43 bits per heavy atom. The molecule has 0 spiro atoms. The molecule has 5 nitrogen and oxygen atoms in total. The smallest absolute Gasteiger partial charge is 0.255 e. The summed E-state index contributed by atoms with van der Waals surface area (Å²) < 4.78 is 0. The van der Waals surface area contributed by atoms with Crippen LogP contribution < -0.4 is 5.73 Å². The Morgan fingerprint density at radius 2 is 2.10 bits per heavy atom. The van der Waals surface area contributed by atoms with Gasteiger partial charge in [-0.15, -0.1) is 0 Å². The molecule has 0 bridgehead atoms. The second kappa shape index (κ2) is 8.10. The van der Waals surface area contributed by atoms with Crippen LogP contribution in [0.15, 0.2) is 23.4 Å². The van der Waals surface area contributed by atoms with Gasteiger partial charge in [0.15, 0.2) is 0 Å². The number of benzene rings is 1. The van der Waals surface area contributed by atoms with Crippen molar-refractivity contribution >= 4 is 34.9 Å². The molecule has 0 saturated carbocycles. The fourth-order valence-electron chi connectivity index (χ4n) is 1.85. The molecule has 0 fully saturated rings. The highest BCUT2D eigenvalue weighted by Gasteiger charge is 2.19. The van der Waals surface area contributed by atoms with E-state index in [-0.39, 0.29) is 17.7 Å². The van der Waals surface area contributed by atoms with Gasteiger partial charge in [-0.25, -0.2) is 0 Å². The minimum atomic E-state index is -0.198. The Hall–Kier alpha value is -1.46. The summed E-state index contributed by atoms with van der Waals surface area (Å²) >= 11 is 11.9. The van der Waals surface area contributed by atoms with Gasteiger partial charge in [-0.1, -0.05) is 42.2 Å². The second-order valence-electron chi connectivity index (χ2n) is 5.11. The highest BCUT2D eigenvalue weighted by Crippen LogP contribution is 2.22. The van der Waals surface area contributed by atoms with Crippen molar-refractivity contribution < 1.29 is 10.0 Å². The van der Waals surface area contributed by atoms with Crippen LogP contribution in [-0.4, -0.2) is 34.9 Å². The molecule has 0 aliphatic heterocycles. The van der Waals surface area contributed by atoms with Gasteiger partial charge in [0.2, 0.25) is 0 Å². The Morgan fingerprint density at radius 3 is 2.62 bits per heavy atom. The lowest BCUT2D eigenvalue weighted by molar-refractivity contribution is 0.0740. The molecule has 3 N–H and O–H groups in total. The van der Waals surface area contributed by atoms with Gasteiger partial charge in [0.1, 0.15) is 5.84 Å². The number of nitrogens with zero attached hydrogens (tertiary/aromatic N) is 2. The molecule has 1 aromatic carbocycles. The third-order valence-corrected chi connectivity index (χ3v) is 3.35. The number of oxime groups is 1. The van der Waals surface area contributed by atoms with Gasteiger partial charge in [-0.05, 0) is 24.1 Å². The molecular formula is C14H19Cl2N3O2. The van der Waals surface area contributed by atoms with Crippen LogP contribution in [0.2, 0.25) is 10.0 Å². The molecule has 0 saturated heterocycles. The van der Waals surface area contributed by atoms with E-state index in [9.17, 15) is 4.79 Å². The van der Waals surface area contributed by atoms with Gasteiger partial charge in [-0.2, -0.15) is 0 Å². The Labute approximate surface area is 134 Å². The fourth-order valence-corrected chi connectivity index (χ4v) is 2.34. The maximum atomic E-state index is 12.6. The normalized spacial score (nSPS) is 11.8. The van der Waals surface area contributed by atoms with Crippen molar-refractivity contribution in [3.8, 4) is 0 Å². The molecule has 1 amide bonds. The number of hydrogen-bond acceptors (Lipinski definition) is 3. The van der Waals surface area contributed by atoms with Crippen molar-refractivity contribution in [2.24, 2.45) is 16.8 Å². The molecule has 21 heavy (non-hydrogen) atoms. The largest absolute Gasteiger partial charge is 0.409 e. The summed E-state index contributed by atoms with van der Waals surface area (Å²) in [5.74, 6) is 0.169. The highest BCUT2D eigenvalue weighted by atomic mass is 35.5. The molecule has 116 valence electrons. The van der Waals surface area contributed by atoms with Gasteiger partial charge < -0.3 is 15.8 Å². The number of hydrogen-bond donors (Lipinski definition) is 2. The lowest BCUT2D eigenvalue weighted by Crippen LogP contribution is -2.37. The van der Waals surface area contributed by atoms with E-state index >= 15 is 0 Å². The predicted molar refractivity (Wildman–Crippen MR) is 85.2 cm³/mol. The molecule has 7 heteroatoms. The van der Waals surface area contributed by atoms with Crippen LogP contribution in [-0.2, 0) is 0 Å². The molecule has 0 heterocycles. The molecule has 0 aromatic heterocycles. The number of carbonyl (C=O) groups is 1. The lowest BCUT2D eigenvalue weighted by Gasteiger charge is -2.25. The van der Waals surface area contributed by atoms with Crippen LogP contribution in [0.5, 0.6) is 0 Å². The van der Waals surface area contributed by atoms with Gasteiger partial charge in [0, 0.05) is 24.5 Å². The van der Waals surface area contributed by atoms with E-state index in [1.807, 2.05) is 13.8 Å². The third kappa shape index (κ3) is 5.44. The van der Waals surface area contributed by atoms with E-state index in [2.05, 4.69) is 5.16 Å². The highest BCUT2D eigenvalue weighted by molar-refractivity contribution is 6.36. The van der Waals surface area contributed by atoms with E-state index in [1.54, 1.807) is 17.0 Å². The molecule has 0 radical (unpaired) electrons. The summed E-state index contributed by atoms with van der Waals surface area (Å²) in [6.45, 7) is 4.92. The SMILES string of the molecule is CC(C)CN(CCC(N)=NO)C(=O)c1ccc(Cl)cc1Cl. The van der Waals surface area contributed by atoms with Crippen molar-refractivity contribution in [2.75, 3.05) is 13.1 Å². The van der Waals surface area contributed by atoms with Crippen LogP contribution in [0.25, 0.3) is 0 Å². The summed E-state index contributed by atoms with van der Waals surface area (Å²) in [6, 6.07) is 4.76. The molecule has 0 aliphatic carbocycles. The molecule has 1 aromatic rings. The maximum Gasteiger partial charge on any atom is 0.255 e. The summed E-state index contributed by atoms with van der Waals surface area (Å²) in [6.07, 6.45) is 0.292. The summed E-state index contributed by atoms with van der Waals surface area (Å²) in [7, 11) is 0. The van der Waals surface area contributed by atoms with Crippen molar-refractivity contribution in [1.82, 2.24) is 4.90 Å². The first-order chi connectivity index (χ1) is 9.85. The van der Waals surface area contributed by atoms with Crippen LogP contribution in [0.3, 0.4) is 0 Å². The summed E-state index contributed by atoms with van der Waals surface area (Å²) in [4.78, 5) is 14.2. The van der Waals surface area contributed by atoms with E-state index in [0.29, 0.717) is 35.1 Å². The zero-order valence-corrected chi connectivity index (χ0v) is 13.5. The van der Waals surface area contributed by atoms with Gasteiger partial charge >= 0.3 is 0 Å². The van der Waals surface area contributed by atoms with E-state index < -0.39 is 0 Å². The zero-order chi connectivity index (χ0) is 16.0. The Bertz CT molecular complexity index is 533. The standard InChI is InChI=1S/C14H19Cl2N3O2/c1-9(2)8-19(6-5-13(17)18-21)14(20)11-4-3-10(15)7-12(11)16/h3-4,7,9,21H,5-6,8H2,1-2H3,(H2,17,18). The first kappa shape index (κ1) is 17.6. The van der Waals surface area contributed by atoms with Crippen molar-refractivity contribution in [3.63, 3.8) is 0 Å². The topological polar surface area (TPSA) is 78.9 Å². The van der Waals surface area contributed by atoms with Crippen molar-refractivity contribution in [2.45, 2.75) is 20.3 Å². The van der Waals surface area contributed by atoms with E-state index in [1.165, 1.54) is 6.07 Å². The first-order valence-corrected chi connectivity index (χ1v) is 7.31.